The van der Waals surface area contributed by atoms with Crippen molar-refractivity contribution in [3.63, 3.8) is 0 Å². The average Bonchev–Trinajstić information content (AvgIpc) is 2.98. The Balaban J connectivity index is 1.71. The fourth-order valence-corrected chi connectivity index (χ4v) is 2.56. The van der Waals surface area contributed by atoms with E-state index in [4.69, 9.17) is 0 Å². The van der Waals surface area contributed by atoms with Crippen molar-refractivity contribution in [2.75, 3.05) is 5.32 Å². The highest BCUT2D eigenvalue weighted by molar-refractivity contribution is 6.01. The summed E-state index contributed by atoms with van der Waals surface area (Å²) in [4.78, 5) is 27.6. The van der Waals surface area contributed by atoms with Gasteiger partial charge in [-0.1, -0.05) is 12.1 Å². The molecule has 3 aromatic rings. The van der Waals surface area contributed by atoms with Crippen LogP contribution in [0.4, 0.5) is 5.69 Å². The second-order valence-electron chi connectivity index (χ2n) is 5.46. The van der Waals surface area contributed by atoms with Gasteiger partial charge in [-0.05, 0) is 30.3 Å². The number of carbonyl (C=O) groups is 2. The molecule has 2 N–H and O–H groups in total. The number of pyridine rings is 1. The molecule has 3 rings (SSSR count). The molecule has 0 bridgehead atoms. The fraction of sp³-hybridized carbons (Fsp3) is 0.167. The van der Waals surface area contributed by atoms with E-state index < -0.39 is 0 Å². The Hall–Kier alpha value is -3.15. The molecule has 2 heterocycles. The van der Waals surface area contributed by atoms with Gasteiger partial charge in [0.15, 0.2) is 0 Å². The fourth-order valence-electron chi connectivity index (χ4n) is 2.56. The van der Waals surface area contributed by atoms with Gasteiger partial charge in [0, 0.05) is 24.7 Å². The molecule has 0 fully saturated rings. The number of benzene rings is 1. The summed E-state index contributed by atoms with van der Waals surface area (Å²) in [5.41, 5.74) is 2.46. The maximum absolute atomic E-state index is 12.2. The molecule has 1 aromatic carbocycles. The zero-order valence-electron chi connectivity index (χ0n) is 13.3. The van der Waals surface area contributed by atoms with Crippen molar-refractivity contribution in [1.82, 2.24) is 14.9 Å². The van der Waals surface area contributed by atoms with Crippen LogP contribution in [0.1, 0.15) is 12.6 Å². The van der Waals surface area contributed by atoms with E-state index in [1.165, 1.54) is 6.92 Å². The normalized spacial score (nSPS) is 10.5. The first kappa shape index (κ1) is 15.7. The van der Waals surface area contributed by atoms with Crippen LogP contribution in [0, 0.1) is 0 Å². The van der Waals surface area contributed by atoms with Crippen LogP contribution in [0.3, 0.4) is 0 Å². The standard InChI is InChI=1S/C18H18N4O2/c1-13(23)21-16-6-4-7-17-15(16)8-10-22(17)12-18(24)20-11-14-5-2-3-9-19-14/h2-10H,11-12H2,1H3,(H,20,24)(H,21,23). The molecule has 0 atom stereocenters. The molecule has 0 spiro atoms. The quantitative estimate of drug-likeness (QED) is 0.757. The number of hydrogen-bond donors (Lipinski definition) is 2. The Bertz CT molecular complexity index is 871. The Kier molecular flexibility index (Phi) is 4.56. The molecule has 0 saturated carbocycles. The van der Waals surface area contributed by atoms with Crippen LogP contribution in [-0.2, 0) is 22.7 Å². The van der Waals surface area contributed by atoms with E-state index in [1.807, 2.05) is 53.2 Å². The summed E-state index contributed by atoms with van der Waals surface area (Å²) in [5, 5.41) is 6.56. The largest absolute Gasteiger partial charge is 0.349 e. The van der Waals surface area contributed by atoms with Gasteiger partial charge in [-0.25, -0.2) is 0 Å². The lowest BCUT2D eigenvalue weighted by atomic mass is 10.2. The van der Waals surface area contributed by atoms with Crippen molar-refractivity contribution in [3.05, 3.63) is 60.6 Å². The lowest BCUT2D eigenvalue weighted by molar-refractivity contribution is -0.121. The van der Waals surface area contributed by atoms with Crippen LogP contribution in [0.25, 0.3) is 10.9 Å². The number of nitrogens with one attached hydrogen (secondary N) is 2. The Morgan fingerprint density at radius 3 is 2.75 bits per heavy atom. The van der Waals surface area contributed by atoms with E-state index in [0.717, 1.165) is 22.3 Å². The molecule has 6 heteroatoms. The summed E-state index contributed by atoms with van der Waals surface area (Å²) in [6, 6.07) is 13.1. The minimum Gasteiger partial charge on any atom is -0.349 e. The van der Waals surface area contributed by atoms with Crippen molar-refractivity contribution >= 4 is 28.4 Å². The highest BCUT2D eigenvalue weighted by Crippen LogP contribution is 2.24. The second kappa shape index (κ2) is 6.95. The van der Waals surface area contributed by atoms with Crippen molar-refractivity contribution < 1.29 is 9.59 Å². The first-order valence-corrected chi connectivity index (χ1v) is 7.65. The molecule has 0 aliphatic heterocycles. The summed E-state index contributed by atoms with van der Waals surface area (Å²) < 4.78 is 1.86. The molecular formula is C18H18N4O2. The molecule has 122 valence electrons. The van der Waals surface area contributed by atoms with E-state index >= 15 is 0 Å². The Labute approximate surface area is 139 Å². The third-order valence-electron chi connectivity index (χ3n) is 3.63. The van der Waals surface area contributed by atoms with E-state index in [-0.39, 0.29) is 18.4 Å². The molecule has 24 heavy (non-hydrogen) atoms. The maximum Gasteiger partial charge on any atom is 0.240 e. The van der Waals surface area contributed by atoms with Crippen molar-refractivity contribution in [2.24, 2.45) is 0 Å². The van der Waals surface area contributed by atoms with Crippen LogP contribution in [0.5, 0.6) is 0 Å². The predicted octanol–water partition coefficient (Wildman–Crippen LogP) is 2.31. The minimum absolute atomic E-state index is 0.0944. The van der Waals surface area contributed by atoms with Gasteiger partial charge in [0.05, 0.1) is 23.4 Å². The highest BCUT2D eigenvalue weighted by atomic mass is 16.2. The van der Waals surface area contributed by atoms with Gasteiger partial charge in [-0.3, -0.25) is 14.6 Å². The number of carbonyl (C=O) groups excluding carboxylic acids is 2. The average molecular weight is 322 g/mol. The van der Waals surface area contributed by atoms with Gasteiger partial charge in [0.2, 0.25) is 11.8 Å². The highest BCUT2D eigenvalue weighted by Gasteiger charge is 2.09. The zero-order valence-corrected chi connectivity index (χ0v) is 13.3. The topological polar surface area (TPSA) is 76.0 Å². The maximum atomic E-state index is 12.2. The summed E-state index contributed by atoms with van der Waals surface area (Å²) >= 11 is 0. The zero-order chi connectivity index (χ0) is 16.9. The Morgan fingerprint density at radius 1 is 1.12 bits per heavy atom. The number of rotatable bonds is 5. The van der Waals surface area contributed by atoms with Crippen LogP contribution >= 0.6 is 0 Å². The molecule has 6 nitrogen and oxygen atoms in total. The second-order valence-corrected chi connectivity index (χ2v) is 5.46. The smallest absolute Gasteiger partial charge is 0.240 e. The van der Waals surface area contributed by atoms with Crippen LogP contribution in [0.2, 0.25) is 0 Å². The van der Waals surface area contributed by atoms with E-state index in [9.17, 15) is 9.59 Å². The van der Waals surface area contributed by atoms with E-state index in [1.54, 1.807) is 6.20 Å². The monoisotopic (exact) mass is 322 g/mol. The van der Waals surface area contributed by atoms with Gasteiger partial charge in [-0.2, -0.15) is 0 Å². The predicted molar refractivity (Wildman–Crippen MR) is 92.3 cm³/mol. The van der Waals surface area contributed by atoms with Crippen LogP contribution < -0.4 is 10.6 Å². The van der Waals surface area contributed by atoms with Crippen LogP contribution in [0.15, 0.2) is 54.9 Å². The number of anilines is 1. The molecule has 0 aliphatic carbocycles. The number of aromatic nitrogens is 2. The molecular weight excluding hydrogens is 304 g/mol. The van der Waals surface area contributed by atoms with Crippen molar-refractivity contribution in [3.8, 4) is 0 Å². The molecule has 2 amide bonds. The molecule has 0 saturated heterocycles. The van der Waals surface area contributed by atoms with Gasteiger partial charge < -0.3 is 15.2 Å². The van der Waals surface area contributed by atoms with E-state index in [0.29, 0.717) is 6.54 Å². The third-order valence-corrected chi connectivity index (χ3v) is 3.63. The van der Waals surface area contributed by atoms with Crippen molar-refractivity contribution in [1.29, 1.82) is 0 Å². The lowest BCUT2D eigenvalue weighted by Crippen LogP contribution is -2.27. The number of amides is 2. The molecule has 2 aromatic heterocycles. The number of fused-ring (bicyclic) bond motifs is 1. The molecule has 0 aliphatic rings. The Morgan fingerprint density at radius 2 is 2.00 bits per heavy atom. The summed E-state index contributed by atoms with van der Waals surface area (Å²) in [6.45, 7) is 2.08. The first-order valence-electron chi connectivity index (χ1n) is 7.65. The number of hydrogen-bond acceptors (Lipinski definition) is 3. The van der Waals surface area contributed by atoms with Crippen molar-refractivity contribution in [2.45, 2.75) is 20.0 Å². The van der Waals surface area contributed by atoms with E-state index in [2.05, 4.69) is 15.6 Å². The summed E-state index contributed by atoms with van der Waals surface area (Å²) in [7, 11) is 0. The number of nitrogens with zero attached hydrogens (tertiary/aromatic N) is 2. The molecule has 0 unspecified atom stereocenters. The molecule has 0 radical (unpaired) electrons. The van der Waals surface area contributed by atoms with Gasteiger partial charge in [0.1, 0.15) is 6.54 Å². The van der Waals surface area contributed by atoms with Gasteiger partial charge >= 0.3 is 0 Å². The third kappa shape index (κ3) is 3.60. The van der Waals surface area contributed by atoms with Crippen LogP contribution in [-0.4, -0.2) is 21.4 Å². The van der Waals surface area contributed by atoms with Gasteiger partial charge in [0.25, 0.3) is 0 Å². The SMILES string of the molecule is CC(=O)Nc1cccc2c1ccn2CC(=O)NCc1ccccn1. The minimum atomic E-state index is -0.122. The summed E-state index contributed by atoms with van der Waals surface area (Å²) in [6.07, 6.45) is 3.54. The van der Waals surface area contributed by atoms with Gasteiger partial charge in [-0.15, -0.1) is 0 Å². The first-order chi connectivity index (χ1) is 11.6. The lowest BCUT2D eigenvalue weighted by Gasteiger charge is -2.08. The summed E-state index contributed by atoms with van der Waals surface area (Å²) in [5.74, 6) is -0.216.